The standard InChI is InChI=1S/C15H21N3/c1-4-12-13(11-9-7-6-8-10-11)18-14(17-12)15(3,16)5-2/h6-10H,4-5,16H2,1-3H3,(H,17,18). The molecule has 96 valence electrons. The molecule has 1 aromatic heterocycles. The lowest BCUT2D eigenvalue weighted by Crippen LogP contribution is -2.33. The molecule has 0 aliphatic rings. The van der Waals surface area contributed by atoms with Gasteiger partial charge in [0.05, 0.1) is 11.2 Å². The molecule has 1 unspecified atom stereocenters. The van der Waals surface area contributed by atoms with Crippen molar-refractivity contribution < 1.29 is 0 Å². The molecular formula is C15H21N3. The zero-order valence-electron chi connectivity index (χ0n) is 11.3. The van der Waals surface area contributed by atoms with Gasteiger partial charge in [0, 0.05) is 11.3 Å². The zero-order chi connectivity index (χ0) is 13.2. The normalized spacial score (nSPS) is 14.4. The molecule has 1 heterocycles. The van der Waals surface area contributed by atoms with Crippen LogP contribution >= 0.6 is 0 Å². The lowest BCUT2D eigenvalue weighted by Gasteiger charge is -2.19. The van der Waals surface area contributed by atoms with Crippen LogP contribution in [0.5, 0.6) is 0 Å². The van der Waals surface area contributed by atoms with Gasteiger partial charge in [-0.25, -0.2) is 4.98 Å². The quantitative estimate of drug-likeness (QED) is 0.866. The SMILES string of the molecule is CCc1[nH]c(C(C)(N)CC)nc1-c1ccccc1. The number of nitrogens with two attached hydrogens (primary N) is 1. The van der Waals surface area contributed by atoms with Crippen molar-refractivity contribution in [2.45, 2.75) is 39.2 Å². The topological polar surface area (TPSA) is 54.7 Å². The van der Waals surface area contributed by atoms with Crippen LogP contribution in [0.25, 0.3) is 11.3 Å². The number of rotatable bonds is 4. The van der Waals surface area contributed by atoms with Gasteiger partial charge in [-0.1, -0.05) is 44.2 Å². The third-order valence-electron chi connectivity index (χ3n) is 3.45. The molecule has 0 spiro atoms. The minimum Gasteiger partial charge on any atom is -0.344 e. The van der Waals surface area contributed by atoms with Crippen molar-refractivity contribution in [1.82, 2.24) is 9.97 Å². The summed E-state index contributed by atoms with van der Waals surface area (Å²) in [6.45, 7) is 6.22. The third-order valence-corrected chi connectivity index (χ3v) is 3.45. The number of nitrogens with zero attached hydrogens (tertiary/aromatic N) is 1. The highest BCUT2D eigenvalue weighted by Gasteiger charge is 2.24. The zero-order valence-corrected chi connectivity index (χ0v) is 11.3. The second kappa shape index (κ2) is 4.94. The van der Waals surface area contributed by atoms with Crippen molar-refractivity contribution in [3.05, 3.63) is 41.9 Å². The Kier molecular flexibility index (Phi) is 3.53. The van der Waals surface area contributed by atoms with Gasteiger partial charge in [-0.05, 0) is 19.8 Å². The Bertz CT molecular complexity index is 512. The molecule has 3 nitrogen and oxygen atoms in total. The summed E-state index contributed by atoms with van der Waals surface area (Å²) in [6.07, 6.45) is 1.79. The fourth-order valence-corrected chi connectivity index (χ4v) is 1.94. The summed E-state index contributed by atoms with van der Waals surface area (Å²) < 4.78 is 0. The van der Waals surface area contributed by atoms with Crippen molar-refractivity contribution in [1.29, 1.82) is 0 Å². The van der Waals surface area contributed by atoms with Crippen LogP contribution in [0.4, 0.5) is 0 Å². The van der Waals surface area contributed by atoms with E-state index in [1.807, 2.05) is 25.1 Å². The molecule has 0 bridgehead atoms. The fraction of sp³-hybridized carbons (Fsp3) is 0.400. The highest BCUT2D eigenvalue weighted by molar-refractivity contribution is 5.62. The molecule has 18 heavy (non-hydrogen) atoms. The van der Waals surface area contributed by atoms with Gasteiger partial charge in [0.25, 0.3) is 0 Å². The number of imidazole rings is 1. The minimum absolute atomic E-state index is 0.392. The van der Waals surface area contributed by atoms with Gasteiger partial charge < -0.3 is 10.7 Å². The van der Waals surface area contributed by atoms with E-state index in [-0.39, 0.29) is 0 Å². The lowest BCUT2D eigenvalue weighted by molar-refractivity contribution is 0.449. The fourth-order valence-electron chi connectivity index (χ4n) is 1.94. The second-order valence-corrected chi connectivity index (χ2v) is 4.90. The van der Waals surface area contributed by atoms with Gasteiger partial charge in [-0.3, -0.25) is 0 Å². The predicted molar refractivity (Wildman–Crippen MR) is 75.2 cm³/mol. The number of nitrogens with one attached hydrogen (secondary N) is 1. The van der Waals surface area contributed by atoms with E-state index in [0.717, 1.165) is 35.6 Å². The van der Waals surface area contributed by atoms with Crippen LogP contribution in [0.15, 0.2) is 30.3 Å². The van der Waals surface area contributed by atoms with Crippen LogP contribution in [-0.2, 0) is 12.0 Å². The van der Waals surface area contributed by atoms with Crippen LogP contribution < -0.4 is 5.73 Å². The summed E-state index contributed by atoms with van der Waals surface area (Å²) in [5, 5.41) is 0. The average Bonchev–Trinajstić information content (AvgIpc) is 2.84. The van der Waals surface area contributed by atoms with E-state index in [1.165, 1.54) is 0 Å². The van der Waals surface area contributed by atoms with Crippen LogP contribution in [0, 0.1) is 0 Å². The van der Waals surface area contributed by atoms with Gasteiger partial charge >= 0.3 is 0 Å². The number of H-pyrrole nitrogens is 1. The van der Waals surface area contributed by atoms with E-state index >= 15 is 0 Å². The number of hydrogen-bond acceptors (Lipinski definition) is 2. The van der Waals surface area contributed by atoms with Crippen molar-refractivity contribution in [2.24, 2.45) is 5.73 Å². The molecule has 1 atom stereocenters. The summed E-state index contributed by atoms with van der Waals surface area (Å²) in [5.41, 5.74) is 9.19. The largest absolute Gasteiger partial charge is 0.344 e. The van der Waals surface area contributed by atoms with Crippen molar-refractivity contribution in [3.63, 3.8) is 0 Å². The maximum Gasteiger partial charge on any atom is 0.126 e. The van der Waals surface area contributed by atoms with Crippen LogP contribution in [0.3, 0.4) is 0 Å². The van der Waals surface area contributed by atoms with E-state index < -0.39 is 5.54 Å². The molecule has 3 N–H and O–H groups in total. The van der Waals surface area contributed by atoms with Crippen molar-refractivity contribution >= 4 is 0 Å². The number of aromatic nitrogens is 2. The van der Waals surface area contributed by atoms with Gasteiger partial charge in [-0.2, -0.15) is 0 Å². The average molecular weight is 243 g/mol. The summed E-state index contributed by atoms with van der Waals surface area (Å²) in [5.74, 6) is 0.876. The summed E-state index contributed by atoms with van der Waals surface area (Å²) in [7, 11) is 0. The van der Waals surface area contributed by atoms with Crippen LogP contribution in [0.2, 0.25) is 0 Å². The third kappa shape index (κ3) is 2.31. The Morgan fingerprint density at radius 2 is 1.89 bits per heavy atom. The maximum absolute atomic E-state index is 6.26. The van der Waals surface area contributed by atoms with Crippen LogP contribution in [-0.4, -0.2) is 9.97 Å². The van der Waals surface area contributed by atoms with Crippen LogP contribution in [0.1, 0.15) is 38.7 Å². The molecule has 0 amide bonds. The molecule has 0 radical (unpaired) electrons. The van der Waals surface area contributed by atoms with E-state index in [2.05, 4.69) is 31.0 Å². The second-order valence-electron chi connectivity index (χ2n) is 4.90. The summed E-state index contributed by atoms with van der Waals surface area (Å²) in [4.78, 5) is 8.10. The summed E-state index contributed by atoms with van der Waals surface area (Å²) in [6, 6.07) is 10.2. The number of hydrogen-bond donors (Lipinski definition) is 2. The molecule has 0 aliphatic carbocycles. The first kappa shape index (κ1) is 12.8. The molecule has 0 aliphatic heterocycles. The van der Waals surface area contributed by atoms with Crippen molar-refractivity contribution in [2.75, 3.05) is 0 Å². The Hall–Kier alpha value is -1.61. The first-order valence-electron chi connectivity index (χ1n) is 6.52. The number of benzene rings is 1. The molecule has 1 aromatic carbocycles. The van der Waals surface area contributed by atoms with Gasteiger partial charge in [0.2, 0.25) is 0 Å². The minimum atomic E-state index is -0.392. The number of aryl methyl sites for hydroxylation is 1. The van der Waals surface area contributed by atoms with Gasteiger partial charge in [0.1, 0.15) is 5.82 Å². The smallest absolute Gasteiger partial charge is 0.126 e. The molecule has 2 aromatic rings. The van der Waals surface area contributed by atoms with E-state index in [9.17, 15) is 0 Å². The molecule has 0 saturated heterocycles. The van der Waals surface area contributed by atoms with E-state index in [4.69, 9.17) is 10.7 Å². The predicted octanol–water partition coefficient (Wildman–Crippen LogP) is 3.22. The van der Waals surface area contributed by atoms with Gasteiger partial charge in [-0.15, -0.1) is 0 Å². The summed E-state index contributed by atoms with van der Waals surface area (Å²) >= 11 is 0. The molecule has 2 rings (SSSR count). The Morgan fingerprint density at radius 3 is 2.44 bits per heavy atom. The molecule has 0 fully saturated rings. The first-order valence-corrected chi connectivity index (χ1v) is 6.52. The first-order chi connectivity index (χ1) is 8.58. The molecule has 0 saturated carbocycles. The van der Waals surface area contributed by atoms with Crippen molar-refractivity contribution in [3.8, 4) is 11.3 Å². The van der Waals surface area contributed by atoms with Gasteiger partial charge in [0.15, 0.2) is 0 Å². The van der Waals surface area contributed by atoms with E-state index in [1.54, 1.807) is 0 Å². The lowest BCUT2D eigenvalue weighted by atomic mass is 10.00. The highest BCUT2D eigenvalue weighted by Crippen LogP contribution is 2.26. The monoisotopic (exact) mass is 243 g/mol. The Balaban J connectivity index is 2.49. The maximum atomic E-state index is 6.26. The highest BCUT2D eigenvalue weighted by atomic mass is 15.0. The molecular weight excluding hydrogens is 222 g/mol. The molecule has 3 heteroatoms. The number of aromatic amines is 1. The Labute approximate surface area is 108 Å². The van der Waals surface area contributed by atoms with E-state index in [0.29, 0.717) is 0 Å². The Morgan fingerprint density at radius 1 is 1.22 bits per heavy atom.